The van der Waals surface area contributed by atoms with Crippen LogP contribution in [0.4, 0.5) is 0 Å². The predicted octanol–water partition coefficient (Wildman–Crippen LogP) is -2.12. The van der Waals surface area contributed by atoms with Crippen LogP contribution in [0.3, 0.4) is 0 Å². The van der Waals surface area contributed by atoms with Gasteiger partial charge in [-0.15, -0.1) is 0 Å². The van der Waals surface area contributed by atoms with Gasteiger partial charge in [0.2, 0.25) is 0 Å². The molecule has 0 radical (unpaired) electrons. The molecule has 5 heteroatoms. The van der Waals surface area contributed by atoms with Gasteiger partial charge in [0.25, 0.3) is 0 Å². The van der Waals surface area contributed by atoms with Crippen LogP contribution >= 0.6 is 0 Å². The maximum atomic E-state index is 2.55. The molecule has 0 aromatic heterocycles. The third kappa shape index (κ3) is 4.67. The van der Waals surface area contributed by atoms with Gasteiger partial charge in [-0.1, -0.05) is 0 Å². The summed E-state index contributed by atoms with van der Waals surface area (Å²) in [5.41, 5.74) is 0. The van der Waals surface area contributed by atoms with Gasteiger partial charge in [-0.25, -0.2) is 0 Å². The standard InChI is InChI=1S/C11H21Si2.2ClH.U/c1-12(2,3)10-8-7-9-11(10)13(4,5)6;;;/h8H,7H2,1-6H3;2*1H;/q;;;+2/p-2. The van der Waals surface area contributed by atoms with E-state index < -0.39 is 16.1 Å². The van der Waals surface area contributed by atoms with E-state index in [0.29, 0.717) is 0 Å². The smallest absolute Gasteiger partial charge is 1.00 e. The van der Waals surface area contributed by atoms with Crippen molar-refractivity contribution in [3.8, 4) is 0 Å². The molecule has 0 aromatic rings. The van der Waals surface area contributed by atoms with Crippen LogP contribution in [0.1, 0.15) is 6.42 Å². The average molecular weight is 518 g/mol. The minimum absolute atomic E-state index is 0. The molecule has 1 aliphatic rings. The Morgan fingerprint density at radius 2 is 1.38 bits per heavy atom. The first kappa shape index (κ1) is 19.9. The third-order valence-corrected chi connectivity index (χ3v) is 9.96. The zero-order valence-electron chi connectivity index (χ0n) is 11.0. The van der Waals surface area contributed by atoms with Crippen LogP contribution in [0.15, 0.2) is 19.1 Å². The van der Waals surface area contributed by atoms with E-state index in [0.717, 1.165) is 29.4 Å². The third-order valence-electron chi connectivity index (χ3n) is 2.64. The predicted molar refractivity (Wildman–Crippen MR) is 66.4 cm³/mol. The number of hydrogen-bond acceptors (Lipinski definition) is 0. The van der Waals surface area contributed by atoms with Crippen molar-refractivity contribution in [1.29, 1.82) is 0 Å². The Bertz CT molecular complexity index is 309. The van der Waals surface area contributed by atoms with Crippen LogP contribution < -0.4 is 24.8 Å². The van der Waals surface area contributed by atoms with Crippen LogP contribution in [0.5, 0.6) is 0 Å². The van der Waals surface area contributed by atoms with Gasteiger partial charge in [-0.3, -0.25) is 0 Å². The first-order valence-electron chi connectivity index (χ1n) is 5.30. The minimum atomic E-state index is -1.07. The monoisotopic (exact) mass is 517 g/mol. The van der Waals surface area contributed by atoms with Crippen molar-refractivity contribution in [2.75, 3.05) is 0 Å². The van der Waals surface area contributed by atoms with Crippen LogP contribution in [0.25, 0.3) is 0 Å². The molecule has 0 aromatic carbocycles. The molecule has 0 nitrogen and oxygen atoms in total. The summed E-state index contributed by atoms with van der Waals surface area (Å²) in [7, 11) is -2.15. The molecule has 0 fully saturated rings. The van der Waals surface area contributed by atoms with E-state index in [-0.39, 0.29) is 24.8 Å². The maximum absolute atomic E-state index is 2.55. The van der Waals surface area contributed by atoms with Crippen molar-refractivity contribution in [1.82, 2.24) is 0 Å². The zero-order valence-corrected chi connectivity index (χ0v) is 18.7. The molecule has 16 heavy (non-hydrogen) atoms. The van der Waals surface area contributed by atoms with Gasteiger partial charge in [-0.05, 0) is 0 Å². The summed E-state index contributed by atoms with van der Waals surface area (Å²) in [6.45, 7) is 15.0. The van der Waals surface area contributed by atoms with Crippen LogP contribution in [0, 0.1) is 29.4 Å². The van der Waals surface area contributed by atoms with E-state index >= 15 is 0 Å². The van der Waals surface area contributed by atoms with Crippen molar-refractivity contribution >= 4 is 16.1 Å². The van der Waals surface area contributed by atoms with Gasteiger partial charge >= 0.3 is 110 Å². The topological polar surface area (TPSA) is 0 Å². The Kier molecular flexibility index (Phi) is 8.24. The second kappa shape index (κ2) is 6.64. The summed E-state index contributed by atoms with van der Waals surface area (Å²) >= 11 is 1.05. The number of halogens is 2. The molecule has 0 amide bonds. The number of hydrogen-bond donors (Lipinski definition) is 0. The van der Waals surface area contributed by atoms with Gasteiger partial charge < -0.3 is 24.8 Å². The molecule has 0 spiro atoms. The summed E-state index contributed by atoms with van der Waals surface area (Å²) in [5.74, 6) is 0. The fourth-order valence-electron chi connectivity index (χ4n) is 2.11. The summed E-state index contributed by atoms with van der Waals surface area (Å²) < 4.78 is 1.82. The second-order valence-electron chi connectivity index (χ2n) is 6.18. The van der Waals surface area contributed by atoms with Crippen molar-refractivity contribution < 1.29 is 54.2 Å². The first-order chi connectivity index (χ1) is 6.14. The molecule has 91 valence electrons. The molecule has 0 unspecified atom stereocenters. The summed E-state index contributed by atoms with van der Waals surface area (Å²) in [6.07, 6.45) is 3.85. The van der Waals surface area contributed by atoms with Gasteiger partial charge in [0.05, 0.1) is 0 Å². The Morgan fingerprint density at radius 3 is 1.62 bits per heavy atom. The van der Waals surface area contributed by atoms with Gasteiger partial charge in [-0.2, -0.15) is 0 Å². The van der Waals surface area contributed by atoms with Crippen LogP contribution in [0.2, 0.25) is 39.3 Å². The van der Waals surface area contributed by atoms with Crippen molar-refractivity contribution in [3.05, 3.63) is 19.1 Å². The van der Waals surface area contributed by atoms with E-state index in [1.54, 1.807) is 5.20 Å². The molecule has 0 N–H and O–H groups in total. The maximum Gasteiger partial charge on any atom is -1.00 e. The molecule has 0 heterocycles. The molecule has 0 saturated heterocycles. The number of allylic oxidation sites excluding steroid dienone is 4. The molecule has 1 rings (SSSR count). The molecular formula is C11H21Cl2Si2U. The molecule has 0 bridgehead atoms. The molecule has 1 aliphatic carbocycles. The Morgan fingerprint density at radius 1 is 0.938 bits per heavy atom. The second-order valence-corrected chi connectivity index (χ2v) is 18.7. The average Bonchev–Trinajstić information content (AvgIpc) is 2.27. The quantitative estimate of drug-likeness (QED) is 0.367. The summed E-state index contributed by atoms with van der Waals surface area (Å²) in [4.78, 5) is 0. The van der Waals surface area contributed by atoms with Gasteiger partial charge in [0, 0.05) is 0 Å². The molecular weight excluding hydrogens is 497 g/mol. The fraction of sp³-hybridized carbons (Fsp3) is 0.636. The van der Waals surface area contributed by atoms with E-state index in [9.17, 15) is 0 Å². The van der Waals surface area contributed by atoms with Crippen LogP contribution in [-0.4, -0.2) is 16.1 Å². The normalized spacial score (nSPS) is 16.6. The largest absolute Gasteiger partial charge is 1.00 e. The SMILES string of the molecule is C[Si](C)(C)C1=CC[C]([U+2])=C1[Si](C)(C)C.[Cl-].[Cl-]. The van der Waals surface area contributed by atoms with Crippen LogP contribution in [-0.2, 0) is 0 Å². The minimum Gasteiger partial charge on any atom is -1.00 e. The fourth-order valence-corrected chi connectivity index (χ4v) is 14.1. The molecule has 0 saturated carbocycles. The number of rotatable bonds is 2. The van der Waals surface area contributed by atoms with Crippen molar-refractivity contribution in [3.63, 3.8) is 0 Å². The summed E-state index contributed by atoms with van der Waals surface area (Å²) in [6, 6.07) is 0. The molecule has 0 aliphatic heterocycles. The summed E-state index contributed by atoms with van der Waals surface area (Å²) in [5, 5.41) is 3.66. The first-order valence-corrected chi connectivity index (χ1v) is 14.4. The van der Waals surface area contributed by atoms with E-state index in [1.165, 1.54) is 6.42 Å². The van der Waals surface area contributed by atoms with E-state index in [2.05, 4.69) is 45.4 Å². The Labute approximate surface area is 134 Å². The molecule has 0 atom stereocenters. The Hall–Kier alpha value is 1.55. The van der Waals surface area contributed by atoms with E-state index in [4.69, 9.17) is 0 Å². The van der Waals surface area contributed by atoms with Crippen molar-refractivity contribution in [2.45, 2.75) is 45.7 Å². The Balaban J connectivity index is 0. The zero-order chi connectivity index (χ0) is 11.1. The van der Waals surface area contributed by atoms with Crippen molar-refractivity contribution in [2.24, 2.45) is 0 Å². The van der Waals surface area contributed by atoms with E-state index in [1.807, 2.05) is 7.80 Å². The van der Waals surface area contributed by atoms with Gasteiger partial charge in [0.15, 0.2) is 0 Å². The van der Waals surface area contributed by atoms with Gasteiger partial charge in [0.1, 0.15) is 0 Å².